The van der Waals surface area contributed by atoms with Gasteiger partial charge >= 0.3 is 5.97 Å². The maximum Gasteiger partial charge on any atom is 0.306 e. The van der Waals surface area contributed by atoms with Gasteiger partial charge in [-0.2, -0.15) is 0 Å². The van der Waals surface area contributed by atoms with Gasteiger partial charge in [-0.1, -0.05) is 20.8 Å². The number of aliphatic hydroxyl groups is 1. The molecule has 1 aliphatic heterocycles. The highest BCUT2D eigenvalue weighted by Gasteiger charge is 2.35. The van der Waals surface area contributed by atoms with Gasteiger partial charge in [-0.15, -0.1) is 0 Å². The second kappa shape index (κ2) is 8.37. The summed E-state index contributed by atoms with van der Waals surface area (Å²) in [4.78, 5) is 47.4. The first kappa shape index (κ1) is 20.3. The minimum absolute atomic E-state index is 0.144. The zero-order valence-corrected chi connectivity index (χ0v) is 14.8. The summed E-state index contributed by atoms with van der Waals surface area (Å²) in [5.41, 5.74) is -0.193. The van der Waals surface area contributed by atoms with E-state index in [0.29, 0.717) is 13.0 Å². The Balaban J connectivity index is 2.63. The Hall–Kier alpha value is -1.76. The molecule has 0 spiro atoms. The molecule has 2 N–H and O–H groups in total. The van der Waals surface area contributed by atoms with Gasteiger partial charge in [-0.3, -0.25) is 19.2 Å². The summed E-state index contributed by atoms with van der Waals surface area (Å²) in [7, 11) is 0. The third-order valence-electron chi connectivity index (χ3n) is 3.87. The van der Waals surface area contributed by atoms with Crippen molar-refractivity contribution in [1.82, 2.24) is 5.32 Å². The molecular weight excluding hydrogens is 314 g/mol. The van der Waals surface area contributed by atoms with Crippen molar-refractivity contribution in [2.45, 2.75) is 53.1 Å². The van der Waals surface area contributed by atoms with Gasteiger partial charge in [0, 0.05) is 18.9 Å². The maximum absolute atomic E-state index is 12.4. The molecule has 1 aliphatic rings. The van der Waals surface area contributed by atoms with Gasteiger partial charge in [-0.25, -0.2) is 0 Å². The lowest BCUT2D eigenvalue weighted by Gasteiger charge is -2.24. The molecule has 0 aromatic heterocycles. The average molecular weight is 341 g/mol. The zero-order chi connectivity index (χ0) is 18.5. The Morgan fingerprint density at radius 3 is 2.50 bits per heavy atom. The minimum atomic E-state index is -1.03. The third-order valence-corrected chi connectivity index (χ3v) is 3.87. The van der Waals surface area contributed by atoms with E-state index in [1.165, 1.54) is 6.92 Å². The number of Topliss-reactive ketones (excluding diaryl/α,β-unsaturated/α-hetero) is 2. The van der Waals surface area contributed by atoms with Gasteiger partial charge in [0.2, 0.25) is 5.78 Å². The van der Waals surface area contributed by atoms with Gasteiger partial charge in [0.15, 0.2) is 0 Å². The van der Waals surface area contributed by atoms with Crippen LogP contribution in [0, 0.1) is 17.3 Å². The quantitative estimate of drug-likeness (QED) is 0.519. The molecule has 7 heteroatoms. The van der Waals surface area contributed by atoms with Crippen LogP contribution in [-0.2, 0) is 23.9 Å². The molecule has 136 valence electrons. The van der Waals surface area contributed by atoms with E-state index in [-0.39, 0.29) is 24.9 Å². The smallest absolute Gasteiger partial charge is 0.306 e. The summed E-state index contributed by atoms with van der Waals surface area (Å²) in [6.45, 7) is 7.73. The predicted octanol–water partition coefficient (Wildman–Crippen LogP) is 0.627. The molecule has 1 saturated heterocycles. The predicted molar refractivity (Wildman–Crippen MR) is 85.9 cm³/mol. The highest BCUT2D eigenvalue weighted by atomic mass is 16.5. The molecule has 1 fully saturated rings. The van der Waals surface area contributed by atoms with Crippen molar-refractivity contribution in [3.63, 3.8) is 0 Å². The molecule has 3 unspecified atom stereocenters. The Morgan fingerprint density at radius 2 is 1.96 bits per heavy atom. The van der Waals surface area contributed by atoms with Crippen molar-refractivity contribution >= 4 is 23.4 Å². The monoisotopic (exact) mass is 341 g/mol. The highest BCUT2D eigenvalue weighted by Crippen LogP contribution is 2.21. The Labute approximate surface area is 142 Å². The lowest BCUT2D eigenvalue weighted by Crippen LogP contribution is -2.44. The first-order valence-electron chi connectivity index (χ1n) is 8.19. The fourth-order valence-corrected chi connectivity index (χ4v) is 2.44. The number of carbonyl (C=O) groups excluding carboxylic acids is 4. The number of ether oxygens (including phenoxy) is 1. The number of hydrogen-bond donors (Lipinski definition) is 2. The number of amides is 1. The maximum atomic E-state index is 12.4. The normalized spacial score (nSPS) is 21.0. The number of hydrogen-bond acceptors (Lipinski definition) is 6. The molecule has 0 bridgehead atoms. The number of piperidine rings is 1. The van der Waals surface area contributed by atoms with Gasteiger partial charge in [0.05, 0.1) is 25.0 Å². The first-order valence-corrected chi connectivity index (χ1v) is 8.19. The van der Waals surface area contributed by atoms with Crippen LogP contribution in [0.4, 0.5) is 0 Å². The van der Waals surface area contributed by atoms with Crippen molar-refractivity contribution in [2.75, 3.05) is 13.2 Å². The molecular formula is C17H27NO6. The SMILES string of the molecule is CC(O)C(CC(=O)OCC(C)(C)C)C(=O)CC1CCNC(=O)C1=O. The van der Waals surface area contributed by atoms with Crippen LogP contribution in [0.2, 0.25) is 0 Å². The van der Waals surface area contributed by atoms with Crippen LogP contribution >= 0.6 is 0 Å². The van der Waals surface area contributed by atoms with E-state index in [1.54, 1.807) is 0 Å². The Kier molecular flexibility index (Phi) is 7.08. The zero-order valence-electron chi connectivity index (χ0n) is 14.8. The molecule has 1 heterocycles. The van der Waals surface area contributed by atoms with Crippen molar-refractivity contribution in [2.24, 2.45) is 17.3 Å². The number of aliphatic hydroxyl groups excluding tert-OH is 1. The fraction of sp³-hybridized carbons (Fsp3) is 0.765. The lowest BCUT2D eigenvalue weighted by atomic mass is 9.84. The molecule has 3 atom stereocenters. The second-order valence-electron chi connectivity index (χ2n) is 7.55. The topological polar surface area (TPSA) is 110 Å². The van der Waals surface area contributed by atoms with E-state index in [2.05, 4.69) is 5.32 Å². The third kappa shape index (κ3) is 6.39. The van der Waals surface area contributed by atoms with Crippen LogP contribution in [0.5, 0.6) is 0 Å². The molecule has 0 saturated carbocycles. The molecule has 24 heavy (non-hydrogen) atoms. The van der Waals surface area contributed by atoms with Crippen LogP contribution in [0.1, 0.15) is 47.0 Å². The van der Waals surface area contributed by atoms with Crippen LogP contribution < -0.4 is 5.32 Å². The number of esters is 1. The van der Waals surface area contributed by atoms with Crippen molar-refractivity contribution in [3.8, 4) is 0 Å². The summed E-state index contributed by atoms with van der Waals surface area (Å²) < 4.78 is 5.13. The Bertz CT molecular complexity index is 506. The molecule has 0 aromatic carbocycles. The van der Waals surface area contributed by atoms with Crippen molar-refractivity contribution < 1.29 is 29.0 Å². The van der Waals surface area contributed by atoms with E-state index in [4.69, 9.17) is 4.74 Å². The van der Waals surface area contributed by atoms with Crippen molar-refractivity contribution in [1.29, 1.82) is 0 Å². The van der Waals surface area contributed by atoms with Crippen molar-refractivity contribution in [3.05, 3.63) is 0 Å². The number of rotatable bonds is 7. The van der Waals surface area contributed by atoms with Crippen LogP contribution in [0.3, 0.4) is 0 Å². The lowest BCUT2D eigenvalue weighted by molar-refractivity contribution is -0.151. The van der Waals surface area contributed by atoms with E-state index < -0.39 is 41.4 Å². The fourth-order valence-electron chi connectivity index (χ4n) is 2.44. The van der Waals surface area contributed by atoms with Gasteiger partial charge in [0.25, 0.3) is 5.91 Å². The minimum Gasteiger partial charge on any atom is -0.465 e. The Morgan fingerprint density at radius 1 is 1.33 bits per heavy atom. The van der Waals surface area contributed by atoms with E-state index >= 15 is 0 Å². The summed E-state index contributed by atoms with van der Waals surface area (Å²) in [6.07, 6.45) is -1.03. The van der Waals surface area contributed by atoms with E-state index in [1.807, 2.05) is 20.8 Å². The molecule has 0 radical (unpaired) electrons. The van der Waals surface area contributed by atoms with Gasteiger partial charge in [-0.05, 0) is 18.8 Å². The first-order chi connectivity index (χ1) is 11.0. The summed E-state index contributed by atoms with van der Waals surface area (Å²) in [6, 6.07) is 0. The molecule has 0 aliphatic carbocycles. The van der Waals surface area contributed by atoms with E-state index in [0.717, 1.165) is 0 Å². The highest BCUT2D eigenvalue weighted by molar-refractivity contribution is 6.37. The van der Waals surface area contributed by atoms with Crippen LogP contribution in [0.15, 0.2) is 0 Å². The van der Waals surface area contributed by atoms with Crippen LogP contribution in [-0.4, -0.2) is 47.8 Å². The number of ketones is 2. The molecule has 1 amide bonds. The van der Waals surface area contributed by atoms with Crippen LogP contribution in [0.25, 0.3) is 0 Å². The number of carbonyl (C=O) groups is 4. The summed E-state index contributed by atoms with van der Waals surface area (Å²) in [5.74, 6) is -3.87. The number of nitrogens with one attached hydrogen (secondary N) is 1. The molecule has 0 aromatic rings. The summed E-state index contributed by atoms with van der Waals surface area (Å²) in [5, 5.41) is 12.2. The average Bonchev–Trinajstić information content (AvgIpc) is 2.46. The second-order valence-corrected chi connectivity index (χ2v) is 7.55. The summed E-state index contributed by atoms with van der Waals surface area (Å²) >= 11 is 0. The largest absolute Gasteiger partial charge is 0.465 e. The molecule has 7 nitrogen and oxygen atoms in total. The van der Waals surface area contributed by atoms with Gasteiger partial charge in [0.1, 0.15) is 5.78 Å². The molecule has 1 rings (SSSR count). The standard InChI is InChI=1S/C17H27NO6/c1-10(19)12(8-14(21)24-9-17(2,3)4)13(20)7-11-5-6-18-16(23)15(11)22/h10-12,19H,5-9H2,1-4H3,(H,18,23). The van der Waals surface area contributed by atoms with Gasteiger partial charge < -0.3 is 15.2 Å². The van der Waals surface area contributed by atoms with E-state index in [9.17, 15) is 24.3 Å².